The Morgan fingerprint density at radius 2 is 1.69 bits per heavy atom. The van der Waals surface area contributed by atoms with E-state index in [4.69, 9.17) is 0 Å². The molecule has 0 spiro atoms. The third kappa shape index (κ3) is 2.79. The molecule has 0 atom stereocenters. The first-order chi connectivity index (χ1) is 5.55. The zero-order valence-electron chi connectivity index (χ0n) is 7.26. The van der Waals surface area contributed by atoms with Gasteiger partial charge >= 0.3 is 29.6 Å². The molecule has 0 aliphatic carbocycles. The number of rotatable bonds is 2. The predicted octanol–water partition coefficient (Wildman–Crippen LogP) is -1.34. The topological polar surface area (TPSA) is 23.1 Å². The summed E-state index contributed by atoms with van der Waals surface area (Å²) in [6.07, 6.45) is 0. The van der Waals surface area contributed by atoms with Gasteiger partial charge in [-0.1, -0.05) is 36.1 Å². The Morgan fingerprint density at radius 1 is 1.23 bits per heavy atom. The summed E-state index contributed by atoms with van der Waals surface area (Å²) in [5.41, 5.74) is -0.315. The molecule has 1 aromatic carbocycles. The van der Waals surface area contributed by atoms with Crippen LogP contribution in [-0.4, -0.2) is 0 Å². The molecule has 1 rings (SSSR count). The van der Waals surface area contributed by atoms with Crippen LogP contribution in [0.2, 0.25) is 0 Å². The van der Waals surface area contributed by atoms with Crippen LogP contribution < -0.4 is 34.7 Å². The number of hydrogen-bond acceptors (Lipinski definition) is 1. The SMILES string of the molecule is C=C([O-])C(F)(F)c1ccccc1.[Na+]. The van der Waals surface area contributed by atoms with Crippen molar-refractivity contribution in [3.63, 3.8) is 0 Å². The first-order valence-electron chi connectivity index (χ1n) is 3.35. The van der Waals surface area contributed by atoms with Gasteiger partial charge in [-0.05, 0) is 0 Å². The quantitative estimate of drug-likeness (QED) is 0.420. The van der Waals surface area contributed by atoms with E-state index in [0.29, 0.717) is 0 Å². The summed E-state index contributed by atoms with van der Waals surface area (Å²) in [4.78, 5) is 0. The average molecular weight is 192 g/mol. The fraction of sp³-hybridized carbons (Fsp3) is 0.111. The van der Waals surface area contributed by atoms with E-state index >= 15 is 0 Å². The van der Waals surface area contributed by atoms with Crippen LogP contribution in [-0.2, 0) is 5.92 Å². The van der Waals surface area contributed by atoms with Crippen LogP contribution >= 0.6 is 0 Å². The smallest absolute Gasteiger partial charge is 0.872 e. The summed E-state index contributed by atoms with van der Waals surface area (Å²) >= 11 is 0. The molecule has 1 nitrogen and oxygen atoms in total. The van der Waals surface area contributed by atoms with Crippen molar-refractivity contribution in [2.45, 2.75) is 5.92 Å². The molecule has 0 unspecified atom stereocenters. The molecular weight excluding hydrogens is 185 g/mol. The van der Waals surface area contributed by atoms with Crippen molar-refractivity contribution in [2.75, 3.05) is 0 Å². The van der Waals surface area contributed by atoms with Gasteiger partial charge < -0.3 is 5.11 Å². The number of halogens is 2. The summed E-state index contributed by atoms with van der Waals surface area (Å²) in [6.45, 7) is 2.70. The van der Waals surface area contributed by atoms with Crippen LogP contribution in [0.1, 0.15) is 5.56 Å². The van der Waals surface area contributed by atoms with Crippen LogP contribution in [0.15, 0.2) is 42.7 Å². The first-order valence-corrected chi connectivity index (χ1v) is 3.35. The van der Waals surface area contributed by atoms with Crippen LogP contribution in [0.25, 0.3) is 0 Å². The van der Waals surface area contributed by atoms with Gasteiger partial charge in [0.25, 0.3) is 5.92 Å². The van der Waals surface area contributed by atoms with Crippen molar-refractivity contribution in [1.29, 1.82) is 0 Å². The third-order valence-corrected chi connectivity index (χ3v) is 1.49. The fourth-order valence-corrected chi connectivity index (χ4v) is 0.808. The second kappa shape index (κ2) is 4.74. The maximum atomic E-state index is 12.9. The Kier molecular flexibility index (Phi) is 4.61. The van der Waals surface area contributed by atoms with E-state index in [1.165, 1.54) is 24.3 Å². The summed E-state index contributed by atoms with van der Waals surface area (Å²) in [7, 11) is 0. The van der Waals surface area contributed by atoms with Gasteiger partial charge in [0, 0.05) is 5.56 Å². The molecule has 13 heavy (non-hydrogen) atoms. The van der Waals surface area contributed by atoms with Crippen molar-refractivity contribution in [3.8, 4) is 0 Å². The largest absolute Gasteiger partial charge is 1.00 e. The van der Waals surface area contributed by atoms with Crippen molar-refractivity contribution in [2.24, 2.45) is 0 Å². The zero-order valence-corrected chi connectivity index (χ0v) is 9.26. The number of benzene rings is 1. The molecule has 0 amide bonds. The van der Waals surface area contributed by atoms with E-state index in [2.05, 4.69) is 6.58 Å². The van der Waals surface area contributed by atoms with Gasteiger partial charge in [-0.15, -0.1) is 6.58 Å². The minimum absolute atomic E-state index is 0. The minimum atomic E-state index is -3.46. The van der Waals surface area contributed by atoms with Gasteiger partial charge in [0.15, 0.2) is 0 Å². The molecule has 0 aromatic heterocycles. The van der Waals surface area contributed by atoms with E-state index < -0.39 is 11.7 Å². The molecule has 64 valence electrons. The third-order valence-electron chi connectivity index (χ3n) is 1.49. The normalized spacial score (nSPS) is 10.3. The monoisotopic (exact) mass is 192 g/mol. The van der Waals surface area contributed by atoms with Gasteiger partial charge in [-0.25, -0.2) is 0 Å². The molecule has 0 aliphatic heterocycles. The Labute approximate surface area is 97.4 Å². The summed E-state index contributed by atoms with van der Waals surface area (Å²) < 4.78 is 25.7. The molecule has 0 bridgehead atoms. The fourth-order valence-electron chi connectivity index (χ4n) is 0.808. The molecule has 4 heteroatoms. The standard InChI is InChI=1S/C9H8F2O.Na/c1-7(12)9(10,11)8-5-3-2-4-6-8;/h2-6,12H,1H2;/q;+1/p-1. The maximum Gasteiger partial charge on any atom is 1.00 e. The minimum Gasteiger partial charge on any atom is -0.872 e. The zero-order chi connectivity index (χ0) is 9.19. The Bertz CT molecular complexity index is 285. The van der Waals surface area contributed by atoms with E-state index in [1.807, 2.05) is 0 Å². The molecule has 0 heterocycles. The van der Waals surface area contributed by atoms with Gasteiger partial charge in [0.05, 0.1) is 0 Å². The Hall–Kier alpha value is -0.380. The summed E-state index contributed by atoms with van der Waals surface area (Å²) in [5.74, 6) is -4.84. The second-order valence-electron chi connectivity index (χ2n) is 2.36. The van der Waals surface area contributed by atoms with Crippen LogP contribution in [0, 0.1) is 0 Å². The number of hydrogen-bond donors (Lipinski definition) is 0. The van der Waals surface area contributed by atoms with Gasteiger partial charge in [-0.2, -0.15) is 8.78 Å². The average Bonchev–Trinajstić information content (AvgIpc) is 2.06. The number of alkyl halides is 2. The summed E-state index contributed by atoms with van der Waals surface area (Å²) in [6, 6.07) is 6.90. The van der Waals surface area contributed by atoms with Crippen molar-refractivity contribution in [3.05, 3.63) is 48.2 Å². The second-order valence-corrected chi connectivity index (χ2v) is 2.36. The number of allylic oxidation sites excluding steroid dienone is 1. The first kappa shape index (κ1) is 12.6. The van der Waals surface area contributed by atoms with Gasteiger partial charge in [0.1, 0.15) is 0 Å². The van der Waals surface area contributed by atoms with Crippen LogP contribution in [0.3, 0.4) is 0 Å². The van der Waals surface area contributed by atoms with Gasteiger partial charge in [0.2, 0.25) is 0 Å². The maximum absolute atomic E-state index is 12.9. The molecular formula is C9H7F2NaO. The van der Waals surface area contributed by atoms with E-state index in [9.17, 15) is 13.9 Å². The Morgan fingerprint density at radius 3 is 2.08 bits per heavy atom. The molecule has 0 aliphatic rings. The predicted molar refractivity (Wildman–Crippen MR) is 39.5 cm³/mol. The molecule has 1 aromatic rings. The summed E-state index contributed by atoms with van der Waals surface area (Å²) in [5, 5.41) is 10.4. The Balaban J connectivity index is 0.00000144. The van der Waals surface area contributed by atoms with E-state index in [-0.39, 0.29) is 35.1 Å². The van der Waals surface area contributed by atoms with Crippen LogP contribution in [0.4, 0.5) is 8.78 Å². The molecule has 0 fully saturated rings. The van der Waals surface area contributed by atoms with Gasteiger partial charge in [-0.3, -0.25) is 0 Å². The molecule has 0 radical (unpaired) electrons. The van der Waals surface area contributed by atoms with E-state index in [0.717, 1.165) is 0 Å². The van der Waals surface area contributed by atoms with E-state index in [1.54, 1.807) is 6.07 Å². The van der Waals surface area contributed by atoms with Crippen molar-refractivity contribution < 1.29 is 43.4 Å². The molecule has 0 N–H and O–H groups in total. The molecule has 0 saturated carbocycles. The van der Waals surface area contributed by atoms with Crippen LogP contribution in [0.5, 0.6) is 0 Å². The molecule has 0 saturated heterocycles. The van der Waals surface area contributed by atoms with Crippen molar-refractivity contribution >= 4 is 0 Å². The van der Waals surface area contributed by atoms with Crippen molar-refractivity contribution in [1.82, 2.24) is 0 Å².